The SMILES string of the molecule is CC1(C)CCC(CSCC2CNC2)O1. The van der Waals surface area contributed by atoms with Crippen molar-refractivity contribution in [3.8, 4) is 0 Å². The Morgan fingerprint density at radius 1 is 1.36 bits per heavy atom. The summed E-state index contributed by atoms with van der Waals surface area (Å²) in [6.07, 6.45) is 3.00. The van der Waals surface area contributed by atoms with Crippen molar-refractivity contribution in [1.82, 2.24) is 5.32 Å². The van der Waals surface area contributed by atoms with E-state index in [2.05, 4.69) is 30.9 Å². The second kappa shape index (κ2) is 4.42. The Labute approximate surface area is 91.2 Å². The van der Waals surface area contributed by atoms with Gasteiger partial charge in [-0.25, -0.2) is 0 Å². The fourth-order valence-electron chi connectivity index (χ4n) is 2.03. The van der Waals surface area contributed by atoms with Gasteiger partial charge in [-0.2, -0.15) is 11.8 Å². The van der Waals surface area contributed by atoms with Gasteiger partial charge in [0.2, 0.25) is 0 Å². The number of rotatable bonds is 4. The normalized spacial score (nSPS) is 31.7. The molecule has 1 atom stereocenters. The van der Waals surface area contributed by atoms with Crippen LogP contribution in [0.4, 0.5) is 0 Å². The third kappa shape index (κ3) is 2.88. The second-order valence-electron chi connectivity index (χ2n) is 5.10. The van der Waals surface area contributed by atoms with E-state index in [1.807, 2.05) is 0 Å². The number of ether oxygens (including phenoxy) is 1. The minimum absolute atomic E-state index is 0.142. The van der Waals surface area contributed by atoms with Crippen molar-refractivity contribution in [1.29, 1.82) is 0 Å². The summed E-state index contributed by atoms with van der Waals surface area (Å²) in [7, 11) is 0. The molecule has 2 aliphatic rings. The Morgan fingerprint density at radius 2 is 2.14 bits per heavy atom. The summed E-state index contributed by atoms with van der Waals surface area (Å²) in [5.74, 6) is 3.43. The molecule has 2 heterocycles. The summed E-state index contributed by atoms with van der Waals surface area (Å²) in [6.45, 7) is 6.86. The lowest BCUT2D eigenvalue weighted by atomic mass is 10.1. The first-order valence-electron chi connectivity index (χ1n) is 5.62. The molecule has 2 saturated heterocycles. The molecule has 0 radical (unpaired) electrons. The predicted octanol–water partition coefficient (Wildman–Crippen LogP) is 1.90. The predicted molar refractivity (Wildman–Crippen MR) is 61.9 cm³/mol. The molecule has 2 aliphatic heterocycles. The van der Waals surface area contributed by atoms with Crippen molar-refractivity contribution in [2.24, 2.45) is 5.92 Å². The number of hydrogen-bond donors (Lipinski definition) is 1. The molecule has 3 heteroatoms. The first-order chi connectivity index (χ1) is 6.66. The third-order valence-electron chi connectivity index (χ3n) is 3.08. The summed E-state index contributed by atoms with van der Waals surface area (Å²) in [4.78, 5) is 0. The molecule has 1 unspecified atom stereocenters. The van der Waals surface area contributed by atoms with Gasteiger partial charge in [-0.3, -0.25) is 0 Å². The van der Waals surface area contributed by atoms with Gasteiger partial charge < -0.3 is 10.1 Å². The zero-order chi connectivity index (χ0) is 10.0. The van der Waals surface area contributed by atoms with Crippen LogP contribution < -0.4 is 5.32 Å². The Bertz CT molecular complexity index is 192. The molecule has 1 N–H and O–H groups in total. The number of thioether (sulfide) groups is 1. The van der Waals surface area contributed by atoms with Gasteiger partial charge in [-0.15, -0.1) is 0 Å². The lowest BCUT2D eigenvalue weighted by Gasteiger charge is -2.27. The largest absolute Gasteiger partial charge is 0.371 e. The van der Waals surface area contributed by atoms with Crippen LogP contribution in [0.15, 0.2) is 0 Å². The van der Waals surface area contributed by atoms with Crippen LogP contribution in [0.5, 0.6) is 0 Å². The third-order valence-corrected chi connectivity index (χ3v) is 4.39. The highest BCUT2D eigenvalue weighted by Gasteiger charge is 2.31. The molecule has 0 aromatic carbocycles. The molecule has 2 fully saturated rings. The zero-order valence-electron chi connectivity index (χ0n) is 9.21. The van der Waals surface area contributed by atoms with E-state index in [1.165, 1.54) is 37.4 Å². The Balaban J connectivity index is 1.57. The van der Waals surface area contributed by atoms with Gasteiger partial charge in [0.1, 0.15) is 0 Å². The maximum Gasteiger partial charge on any atom is 0.0673 e. The second-order valence-corrected chi connectivity index (χ2v) is 6.17. The minimum Gasteiger partial charge on any atom is -0.371 e. The fourth-order valence-corrected chi connectivity index (χ4v) is 3.23. The Morgan fingerprint density at radius 3 is 2.64 bits per heavy atom. The van der Waals surface area contributed by atoms with Crippen LogP contribution in [0.1, 0.15) is 26.7 Å². The van der Waals surface area contributed by atoms with E-state index in [0.717, 1.165) is 5.92 Å². The molecule has 2 rings (SSSR count). The van der Waals surface area contributed by atoms with Crippen LogP contribution in [0.2, 0.25) is 0 Å². The van der Waals surface area contributed by atoms with Crippen LogP contribution in [0, 0.1) is 5.92 Å². The zero-order valence-corrected chi connectivity index (χ0v) is 10.0. The van der Waals surface area contributed by atoms with Crippen molar-refractivity contribution >= 4 is 11.8 Å². The van der Waals surface area contributed by atoms with Gasteiger partial charge in [0, 0.05) is 5.75 Å². The molecular formula is C11H21NOS. The minimum atomic E-state index is 0.142. The smallest absolute Gasteiger partial charge is 0.0673 e. The molecule has 0 spiro atoms. The Hall–Kier alpha value is 0.270. The lowest BCUT2D eigenvalue weighted by Crippen LogP contribution is -2.43. The van der Waals surface area contributed by atoms with E-state index in [1.54, 1.807) is 0 Å². The molecular weight excluding hydrogens is 194 g/mol. The summed E-state index contributed by atoms with van der Waals surface area (Å²) in [5.41, 5.74) is 0.142. The number of nitrogens with one attached hydrogen (secondary N) is 1. The molecule has 0 bridgehead atoms. The van der Waals surface area contributed by atoms with E-state index >= 15 is 0 Å². The van der Waals surface area contributed by atoms with Crippen molar-refractivity contribution in [3.05, 3.63) is 0 Å². The highest BCUT2D eigenvalue weighted by Crippen LogP contribution is 2.31. The summed E-state index contributed by atoms with van der Waals surface area (Å²) < 4.78 is 5.95. The van der Waals surface area contributed by atoms with E-state index in [0.29, 0.717) is 6.10 Å². The number of hydrogen-bond acceptors (Lipinski definition) is 3. The first kappa shape index (κ1) is 10.8. The summed E-state index contributed by atoms with van der Waals surface area (Å²) in [6, 6.07) is 0. The molecule has 0 saturated carbocycles. The van der Waals surface area contributed by atoms with Crippen LogP contribution >= 0.6 is 11.8 Å². The van der Waals surface area contributed by atoms with Gasteiger partial charge in [0.15, 0.2) is 0 Å². The van der Waals surface area contributed by atoms with Crippen molar-refractivity contribution in [3.63, 3.8) is 0 Å². The molecule has 14 heavy (non-hydrogen) atoms. The van der Waals surface area contributed by atoms with Crippen molar-refractivity contribution in [2.45, 2.75) is 38.4 Å². The van der Waals surface area contributed by atoms with E-state index < -0.39 is 0 Å². The maximum atomic E-state index is 5.95. The Kier molecular flexibility index (Phi) is 3.40. The van der Waals surface area contributed by atoms with Gasteiger partial charge in [-0.05, 0) is 51.4 Å². The highest BCUT2D eigenvalue weighted by atomic mass is 32.2. The van der Waals surface area contributed by atoms with Crippen LogP contribution in [-0.2, 0) is 4.74 Å². The first-order valence-corrected chi connectivity index (χ1v) is 6.77. The standard InChI is InChI=1S/C11H21NOS/c1-11(2)4-3-10(13-11)8-14-7-9-5-12-6-9/h9-10,12H,3-8H2,1-2H3. The van der Waals surface area contributed by atoms with Gasteiger partial charge >= 0.3 is 0 Å². The molecule has 0 aromatic heterocycles. The van der Waals surface area contributed by atoms with E-state index in [-0.39, 0.29) is 5.60 Å². The molecule has 0 aliphatic carbocycles. The topological polar surface area (TPSA) is 21.3 Å². The molecule has 2 nitrogen and oxygen atoms in total. The van der Waals surface area contributed by atoms with Crippen molar-refractivity contribution < 1.29 is 4.74 Å². The van der Waals surface area contributed by atoms with Crippen LogP contribution in [-0.4, -0.2) is 36.3 Å². The quantitative estimate of drug-likeness (QED) is 0.774. The van der Waals surface area contributed by atoms with E-state index in [9.17, 15) is 0 Å². The summed E-state index contributed by atoms with van der Waals surface area (Å²) in [5, 5.41) is 3.31. The lowest BCUT2D eigenvalue weighted by molar-refractivity contribution is -0.00468. The summed E-state index contributed by atoms with van der Waals surface area (Å²) >= 11 is 2.07. The van der Waals surface area contributed by atoms with Crippen molar-refractivity contribution in [2.75, 3.05) is 24.6 Å². The van der Waals surface area contributed by atoms with Gasteiger partial charge in [-0.1, -0.05) is 0 Å². The monoisotopic (exact) mass is 215 g/mol. The fraction of sp³-hybridized carbons (Fsp3) is 1.00. The average molecular weight is 215 g/mol. The highest BCUT2D eigenvalue weighted by molar-refractivity contribution is 7.99. The van der Waals surface area contributed by atoms with Crippen LogP contribution in [0.3, 0.4) is 0 Å². The van der Waals surface area contributed by atoms with Gasteiger partial charge in [0.25, 0.3) is 0 Å². The van der Waals surface area contributed by atoms with E-state index in [4.69, 9.17) is 4.74 Å². The average Bonchev–Trinajstić information content (AvgIpc) is 2.36. The maximum absolute atomic E-state index is 5.95. The molecule has 0 amide bonds. The molecule has 82 valence electrons. The van der Waals surface area contributed by atoms with Gasteiger partial charge in [0.05, 0.1) is 11.7 Å². The molecule has 0 aromatic rings. The van der Waals surface area contributed by atoms with Crippen LogP contribution in [0.25, 0.3) is 0 Å².